The Labute approximate surface area is 108 Å². The molecular formula is C17H28. The molecule has 2 rings (SSSR count). The summed E-state index contributed by atoms with van der Waals surface area (Å²) in [6.45, 7) is 2.28. The Morgan fingerprint density at radius 2 is 1.76 bits per heavy atom. The van der Waals surface area contributed by atoms with Gasteiger partial charge in [-0.3, -0.25) is 0 Å². The Bertz CT molecular complexity index is 267. The fourth-order valence-electron chi connectivity index (χ4n) is 3.62. The molecule has 0 heterocycles. The van der Waals surface area contributed by atoms with Crippen LogP contribution in [0.2, 0.25) is 0 Å². The molecule has 0 radical (unpaired) electrons. The molecule has 2 fully saturated rings. The molecule has 0 nitrogen and oxygen atoms in total. The SMILES string of the molecule is CCCCCCCCC#CC1CC2CCC1C2. The van der Waals surface area contributed by atoms with Gasteiger partial charge in [-0.05, 0) is 37.5 Å². The zero-order chi connectivity index (χ0) is 11.9. The lowest BCUT2D eigenvalue weighted by atomic mass is 9.89. The third kappa shape index (κ3) is 4.06. The summed E-state index contributed by atoms with van der Waals surface area (Å²) in [5.74, 6) is 9.84. The number of unbranched alkanes of at least 4 members (excludes halogenated alkanes) is 6. The van der Waals surface area contributed by atoms with Crippen molar-refractivity contribution in [2.45, 2.75) is 77.6 Å². The third-order valence-electron chi connectivity index (χ3n) is 4.68. The van der Waals surface area contributed by atoms with Crippen LogP contribution >= 0.6 is 0 Å². The Morgan fingerprint density at radius 3 is 2.47 bits per heavy atom. The fourth-order valence-corrected chi connectivity index (χ4v) is 3.62. The second-order valence-corrected chi connectivity index (χ2v) is 6.12. The van der Waals surface area contributed by atoms with Crippen molar-refractivity contribution in [1.82, 2.24) is 0 Å². The standard InChI is InChI=1S/C17H28/c1-2-3-4-5-6-7-8-9-10-16-13-15-11-12-17(16)14-15/h15-17H,2-8,11-14H2,1H3. The van der Waals surface area contributed by atoms with E-state index in [-0.39, 0.29) is 0 Å². The lowest BCUT2D eigenvalue weighted by molar-refractivity contribution is 0.405. The summed E-state index contributed by atoms with van der Waals surface area (Å²) in [7, 11) is 0. The van der Waals surface area contributed by atoms with Crippen molar-refractivity contribution in [3.63, 3.8) is 0 Å². The van der Waals surface area contributed by atoms with Gasteiger partial charge in [0.1, 0.15) is 0 Å². The average Bonchev–Trinajstić information content (AvgIpc) is 2.94. The molecule has 96 valence electrons. The highest BCUT2D eigenvalue weighted by Crippen LogP contribution is 2.47. The van der Waals surface area contributed by atoms with Crippen LogP contribution in [0, 0.1) is 29.6 Å². The minimum absolute atomic E-state index is 0.786. The van der Waals surface area contributed by atoms with E-state index in [0.29, 0.717) is 0 Å². The highest BCUT2D eigenvalue weighted by molar-refractivity contribution is 5.10. The molecule has 0 aromatic heterocycles. The number of rotatable bonds is 6. The summed E-state index contributed by atoms with van der Waals surface area (Å²) in [5, 5.41) is 0. The topological polar surface area (TPSA) is 0 Å². The zero-order valence-corrected chi connectivity index (χ0v) is 11.5. The molecule has 17 heavy (non-hydrogen) atoms. The van der Waals surface area contributed by atoms with E-state index in [1.54, 1.807) is 0 Å². The first-order valence-corrected chi connectivity index (χ1v) is 7.88. The Morgan fingerprint density at radius 1 is 0.941 bits per heavy atom. The van der Waals surface area contributed by atoms with Crippen LogP contribution in [-0.2, 0) is 0 Å². The van der Waals surface area contributed by atoms with Gasteiger partial charge in [-0.1, -0.05) is 51.4 Å². The Kier molecular flexibility index (Phi) is 5.43. The van der Waals surface area contributed by atoms with Gasteiger partial charge in [0.25, 0.3) is 0 Å². The Hall–Kier alpha value is -0.440. The first kappa shape index (κ1) is 13.0. The maximum atomic E-state index is 3.57. The molecule has 2 aliphatic rings. The van der Waals surface area contributed by atoms with E-state index < -0.39 is 0 Å². The first-order valence-electron chi connectivity index (χ1n) is 7.88. The number of fused-ring (bicyclic) bond motifs is 2. The summed E-state index contributed by atoms with van der Waals surface area (Å²) >= 11 is 0. The van der Waals surface area contributed by atoms with E-state index in [0.717, 1.165) is 24.2 Å². The smallest absolute Gasteiger partial charge is 0.0233 e. The van der Waals surface area contributed by atoms with Crippen LogP contribution in [0.4, 0.5) is 0 Å². The normalized spacial score (nSPS) is 30.3. The number of hydrogen-bond acceptors (Lipinski definition) is 0. The molecular weight excluding hydrogens is 204 g/mol. The molecule has 0 amide bonds. The van der Waals surface area contributed by atoms with Gasteiger partial charge < -0.3 is 0 Å². The molecule has 0 N–H and O–H groups in total. The third-order valence-corrected chi connectivity index (χ3v) is 4.68. The lowest BCUT2D eigenvalue weighted by Gasteiger charge is -2.15. The molecule has 0 heteroatoms. The highest BCUT2D eigenvalue weighted by Gasteiger charge is 2.38. The van der Waals surface area contributed by atoms with E-state index in [2.05, 4.69) is 18.8 Å². The van der Waals surface area contributed by atoms with E-state index in [4.69, 9.17) is 0 Å². The summed E-state index contributed by atoms with van der Waals surface area (Å²) in [6.07, 6.45) is 15.4. The van der Waals surface area contributed by atoms with Gasteiger partial charge >= 0.3 is 0 Å². The highest BCUT2D eigenvalue weighted by atomic mass is 14.4. The molecule has 0 aromatic rings. The van der Waals surface area contributed by atoms with Crippen molar-refractivity contribution < 1.29 is 0 Å². The van der Waals surface area contributed by atoms with Crippen LogP contribution < -0.4 is 0 Å². The maximum Gasteiger partial charge on any atom is 0.0233 e. The monoisotopic (exact) mass is 232 g/mol. The van der Waals surface area contributed by atoms with Crippen molar-refractivity contribution in [2.24, 2.45) is 17.8 Å². The van der Waals surface area contributed by atoms with Crippen LogP contribution in [-0.4, -0.2) is 0 Å². The lowest BCUT2D eigenvalue weighted by Crippen LogP contribution is -2.07. The van der Waals surface area contributed by atoms with Crippen molar-refractivity contribution in [2.75, 3.05) is 0 Å². The van der Waals surface area contributed by atoms with Crippen molar-refractivity contribution in [1.29, 1.82) is 0 Å². The summed E-state index contributed by atoms with van der Waals surface area (Å²) < 4.78 is 0. The number of hydrogen-bond donors (Lipinski definition) is 0. The van der Waals surface area contributed by atoms with Gasteiger partial charge in [-0.2, -0.15) is 0 Å². The van der Waals surface area contributed by atoms with Crippen LogP contribution in [0.3, 0.4) is 0 Å². The molecule has 2 bridgehead atoms. The maximum absolute atomic E-state index is 3.57. The Balaban J connectivity index is 1.51. The van der Waals surface area contributed by atoms with E-state index >= 15 is 0 Å². The van der Waals surface area contributed by atoms with Crippen molar-refractivity contribution in [3.8, 4) is 11.8 Å². The van der Waals surface area contributed by atoms with Gasteiger partial charge in [0.05, 0.1) is 0 Å². The fraction of sp³-hybridized carbons (Fsp3) is 0.882. The van der Waals surface area contributed by atoms with Gasteiger partial charge in [-0.15, -0.1) is 5.92 Å². The van der Waals surface area contributed by atoms with E-state index in [9.17, 15) is 0 Å². The zero-order valence-electron chi connectivity index (χ0n) is 11.5. The van der Waals surface area contributed by atoms with Crippen molar-refractivity contribution in [3.05, 3.63) is 0 Å². The van der Waals surface area contributed by atoms with Gasteiger partial charge in [0.15, 0.2) is 0 Å². The van der Waals surface area contributed by atoms with Gasteiger partial charge in [-0.25, -0.2) is 0 Å². The summed E-state index contributed by atoms with van der Waals surface area (Å²) in [6, 6.07) is 0. The largest absolute Gasteiger partial charge is 0.103 e. The first-order chi connectivity index (χ1) is 8.40. The molecule has 0 spiro atoms. The van der Waals surface area contributed by atoms with E-state index in [1.807, 2.05) is 0 Å². The minimum Gasteiger partial charge on any atom is -0.103 e. The van der Waals surface area contributed by atoms with Gasteiger partial charge in [0.2, 0.25) is 0 Å². The average molecular weight is 232 g/mol. The van der Waals surface area contributed by atoms with Crippen molar-refractivity contribution >= 4 is 0 Å². The van der Waals surface area contributed by atoms with Gasteiger partial charge in [0, 0.05) is 12.3 Å². The summed E-state index contributed by atoms with van der Waals surface area (Å²) in [5.41, 5.74) is 0. The summed E-state index contributed by atoms with van der Waals surface area (Å²) in [4.78, 5) is 0. The molecule has 2 saturated carbocycles. The molecule has 0 saturated heterocycles. The van der Waals surface area contributed by atoms with E-state index in [1.165, 1.54) is 64.2 Å². The van der Waals surface area contributed by atoms with Crippen LogP contribution in [0.15, 0.2) is 0 Å². The second kappa shape index (κ2) is 7.10. The van der Waals surface area contributed by atoms with Crippen LogP contribution in [0.25, 0.3) is 0 Å². The predicted molar refractivity (Wildman–Crippen MR) is 74.7 cm³/mol. The van der Waals surface area contributed by atoms with Crippen LogP contribution in [0.5, 0.6) is 0 Å². The molecule has 0 aliphatic heterocycles. The minimum atomic E-state index is 0.786. The molecule has 3 atom stereocenters. The predicted octanol–water partition coefficient (Wildman–Crippen LogP) is 5.18. The molecule has 3 unspecified atom stereocenters. The second-order valence-electron chi connectivity index (χ2n) is 6.12. The molecule has 0 aromatic carbocycles. The van der Waals surface area contributed by atoms with Crippen LogP contribution in [0.1, 0.15) is 77.6 Å². The molecule has 2 aliphatic carbocycles. The quantitative estimate of drug-likeness (QED) is 0.437.